The van der Waals surface area contributed by atoms with Gasteiger partial charge in [0.2, 0.25) is 10.0 Å². The summed E-state index contributed by atoms with van der Waals surface area (Å²) in [7, 11) is -2.25. The standard InChI is InChI=1S/C16H25NO4S/c1-12-8-9-15(21-2)16(10-12)22(19,20)17-11-14(18)13-6-4-3-5-7-13/h8-10,13-14,17-18H,3-7,11H2,1-2H3. The van der Waals surface area contributed by atoms with Gasteiger partial charge >= 0.3 is 0 Å². The molecular formula is C16H25NO4S. The number of aryl methyl sites for hydroxylation is 1. The van der Waals surface area contributed by atoms with E-state index < -0.39 is 16.1 Å². The summed E-state index contributed by atoms with van der Waals surface area (Å²) in [6.45, 7) is 1.87. The van der Waals surface area contributed by atoms with Crippen molar-refractivity contribution in [3.8, 4) is 5.75 Å². The zero-order chi connectivity index (χ0) is 16.2. The maximum Gasteiger partial charge on any atom is 0.244 e. The Bertz CT molecular complexity index is 594. The van der Waals surface area contributed by atoms with Gasteiger partial charge < -0.3 is 9.84 Å². The van der Waals surface area contributed by atoms with Gasteiger partial charge in [0, 0.05) is 6.54 Å². The van der Waals surface area contributed by atoms with Crippen molar-refractivity contribution >= 4 is 10.0 Å². The van der Waals surface area contributed by atoms with Gasteiger partial charge in [0.25, 0.3) is 0 Å². The Morgan fingerprint density at radius 2 is 2.00 bits per heavy atom. The Morgan fingerprint density at radius 1 is 1.32 bits per heavy atom. The molecule has 6 heteroatoms. The Balaban J connectivity index is 2.06. The first-order valence-electron chi connectivity index (χ1n) is 7.76. The van der Waals surface area contributed by atoms with E-state index in [-0.39, 0.29) is 17.4 Å². The van der Waals surface area contributed by atoms with Gasteiger partial charge in [-0.05, 0) is 43.4 Å². The average molecular weight is 327 g/mol. The van der Waals surface area contributed by atoms with Crippen molar-refractivity contribution in [3.05, 3.63) is 23.8 Å². The molecule has 0 saturated heterocycles. The fraction of sp³-hybridized carbons (Fsp3) is 0.625. The first kappa shape index (κ1) is 17.2. The van der Waals surface area contributed by atoms with Crippen LogP contribution in [0.1, 0.15) is 37.7 Å². The smallest absolute Gasteiger partial charge is 0.244 e. The number of benzene rings is 1. The number of aliphatic hydroxyl groups is 1. The van der Waals surface area contributed by atoms with Gasteiger partial charge in [-0.15, -0.1) is 0 Å². The first-order valence-corrected chi connectivity index (χ1v) is 9.24. The lowest BCUT2D eigenvalue weighted by molar-refractivity contribution is 0.0888. The van der Waals surface area contributed by atoms with Gasteiger partial charge in [0.1, 0.15) is 10.6 Å². The molecule has 124 valence electrons. The quantitative estimate of drug-likeness (QED) is 0.840. The molecule has 1 saturated carbocycles. The van der Waals surface area contributed by atoms with E-state index in [9.17, 15) is 13.5 Å². The second-order valence-electron chi connectivity index (χ2n) is 5.97. The van der Waals surface area contributed by atoms with Crippen LogP contribution in [0, 0.1) is 12.8 Å². The highest BCUT2D eigenvalue weighted by Crippen LogP contribution is 2.27. The number of ether oxygens (including phenoxy) is 1. The maximum atomic E-state index is 12.4. The van der Waals surface area contributed by atoms with Crippen molar-refractivity contribution in [2.75, 3.05) is 13.7 Å². The normalized spacial score (nSPS) is 18.1. The van der Waals surface area contributed by atoms with E-state index in [0.29, 0.717) is 5.75 Å². The average Bonchev–Trinajstić information content (AvgIpc) is 2.53. The molecule has 2 N–H and O–H groups in total. The SMILES string of the molecule is COc1ccc(C)cc1S(=O)(=O)NCC(O)C1CCCCC1. The third-order valence-corrected chi connectivity index (χ3v) is 5.73. The van der Waals surface area contributed by atoms with Gasteiger partial charge in [-0.2, -0.15) is 0 Å². The van der Waals surface area contributed by atoms with Gasteiger partial charge in [-0.3, -0.25) is 0 Å². The summed E-state index contributed by atoms with van der Waals surface area (Å²) >= 11 is 0. The van der Waals surface area contributed by atoms with E-state index in [1.54, 1.807) is 18.2 Å². The van der Waals surface area contributed by atoms with E-state index in [2.05, 4.69) is 4.72 Å². The van der Waals surface area contributed by atoms with E-state index in [1.807, 2.05) is 6.92 Å². The highest BCUT2D eigenvalue weighted by atomic mass is 32.2. The van der Waals surface area contributed by atoms with Crippen molar-refractivity contribution in [1.29, 1.82) is 0 Å². The second-order valence-corrected chi connectivity index (χ2v) is 7.71. The summed E-state index contributed by atoms with van der Waals surface area (Å²) in [5.41, 5.74) is 0.842. The monoisotopic (exact) mass is 327 g/mol. The van der Waals surface area contributed by atoms with Crippen LogP contribution in [-0.2, 0) is 10.0 Å². The fourth-order valence-electron chi connectivity index (χ4n) is 2.95. The molecule has 2 rings (SSSR count). The molecule has 0 radical (unpaired) electrons. The zero-order valence-electron chi connectivity index (χ0n) is 13.2. The van der Waals surface area contributed by atoms with Crippen molar-refractivity contribution in [1.82, 2.24) is 4.72 Å². The highest BCUT2D eigenvalue weighted by molar-refractivity contribution is 7.89. The van der Waals surface area contributed by atoms with Gasteiger partial charge in [0.15, 0.2) is 0 Å². The minimum absolute atomic E-state index is 0.0457. The largest absolute Gasteiger partial charge is 0.495 e. The summed E-state index contributed by atoms with van der Waals surface area (Å²) in [5, 5.41) is 10.2. The first-order chi connectivity index (χ1) is 10.4. The summed E-state index contributed by atoms with van der Waals surface area (Å²) in [6.07, 6.45) is 4.73. The third kappa shape index (κ3) is 4.21. The molecular weight excluding hydrogens is 302 g/mol. The minimum atomic E-state index is -3.69. The number of hydrogen-bond acceptors (Lipinski definition) is 4. The summed E-state index contributed by atoms with van der Waals surface area (Å²) < 4.78 is 32.5. The number of aliphatic hydroxyl groups excluding tert-OH is 1. The molecule has 1 aromatic rings. The molecule has 5 nitrogen and oxygen atoms in total. The topological polar surface area (TPSA) is 75.6 Å². The number of methoxy groups -OCH3 is 1. The summed E-state index contributed by atoms with van der Waals surface area (Å²) in [5.74, 6) is 0.501. The van der Waals surface area contributed by atoms with Crippen molar-refractivity contribution < 1.29 is 18.3 Å². The lowest BCUT2D eigenvalue weighted by atomic mass is 9.85. The van der Waals surface area contributed by atoms with Crippen LogP contribution < -0.4 is 9.46 Å². The molecule has 1 atom stereocenters. The van der Waals surface area contributed by atoms with E-state index in [0.717, 1.165) is 31.2 Å². The molecule has 1 fully saturated rings. The zero-order valence-corrected chi connectivity index (χ0v) is 14.0. The van der Waals surface area contributed by atoms with Crippen LogP contribution >= 0.6 is 0 Å². The number of rotatable bonds is 6. The van der Waals surface area contributed by atoms with Crippen molar-refractivity contribution in [3.63, 3.8) is 0 Å². The molecule has 1 unspecified atom stereocenters. The molecule has 1 aliphatic rings. The summed E-state index contributed by atoms with van der Waals surface area (Å²) in [6, 6.07) is 5.02. The molecule has 0 aromatic heterocycles. The Kier molecular flexibility index (Phi) is 5.83. The second kappa shape index (κ2) is 7.44. The number of nitrogens with one attached hydrogen (secondary N) is 1. The Labute approximate surface area is 132 Å². The van der Waals surface area contributed by atoms with E-state index in [1.165, 1.54) is 13.5 Å². The highest BCUT2D eigenvalue weighted by Gasteiger charge is 2.25. The van der Waals surface area contributed by atoms with Crippen LogP contribution in [0.5, 0.6) is 5.75 Å². The molecule has 0 amide bonds. The lowest BCUT2D eigenvalue weighted by Crippen LogP contribution is -2.37. The van der Waals surface area contributed by atoms with Crippen LogP contribution in [0.4, 0.5) is 0 Å². The molecule has 22 heavy (non-hydrogen) atoms. The Hall–Kier alpha value is -1.11. The van der Waals surface area contributed by atoms with E-state index >= 15 is 0 Å². The molecule has 1 aliphatic carbocycles. The third-order valence-electron chi connectivity index (χ3n) is 4.29. The predicted molar refractivity (Wildman–Crippen MR) is 85.5 cm³/mol. The molecule has 1 aromatic carbocycles. The molecule has 0 bridgehead atoms. The van der Waals surface area contributed by atoms with Crippen LogP contribution in [0.25, 0.3) is 0 Å². The van der Waals surface area contributed by atoms with Gasteiger partial charge in [-0.25, -0.2) is 13.1 Å². The van der Waals surface area contributed by atoms with Crippen LogP contribution in [-0.4, -0.2) is 33.3 Å². The number of sulfonamides is 1. The van der Waals surface area contributed by atoms with Crippen molar-refractivity contribution in [2.24, 2.45) is 5.92 Å². The lowest BCUT2D eigenvalue weighted by Gasteiger charge is -2.26. The van der Waals surface area contributed by atoms with Crippen LogP contribution in [0.15, 0.2) is 23.1 Å². The molecule has 0 spiro atoms. The molecule has 0 heterocycles. The van der Waals surface area contributed by atoms with Crippen LogP contribution in [0.2, 0.25) is 0 Å². The minimum Gasteiger partial charge on any atom is -0.495 e. The van der Waals surface area contributed by atoms with E-state index in [4.69, 9.17) is 4.74 Å². The van der Waals surface area contributed by atoms with Crippen molar-refractivity contribution in [2.45, 2.75) is 50.0 Å². The molecule has 0 aliphatic heterocycles. The Morgan fingerprint density at radius 3 is 2.64 bits per heavy atom. The number of hydrogen-bond donors (Lipinski definition) is 2. The van der Waals surface area contributed by atoms with Gasteiger partial charge in [-0.1, -0.05) is 25.3 Å². The summed E-state index contributed by atoms with van der Waals surface area (Å²) in [4.78, 5) is 0.117. The van der Waals surface area contributed by atoms with Crippen LogP contribution in [0.3, 0.4) is 0 Å². The maximum absolute atomic E-state index is 12.4. The predicted octanol–water partition coefficient (Wildman–Crippen LogP) is 2.22. The fourth-order valence-corrected chi connectivity index (χ4v) is 4.26. The van der Waals surface area contributed by atoms with Gasteiger partial charge in [0.05, 0.1) is 13.2 Å².